The number of hydrogen-bond acceptors (Lipinski definition) is 5. The number of carbonyl (C=O) groups is 2. The molecule has 2 heterocycles. The monoisotopic (exact) mass is 493 g/mol. The summed E-state index contributed by atoms with van der Waals surface area (Å²) >= 11 is 3.47. The quantitative estimate of drug-likeness (QED) is 0.573. The van der Waals surface area contributed by atoms with E-state index in [4.69, 9.17) is 10.5 Å². The van der Waals surface area contributed by atoms with Gasteiger partial charge < -0.3 is 21.1 Å². The number of carbonyl (C=O) groups excluding carboxylic acids is 2. The lowest BCUT2D eigenvalue weighted by Gasteiger charge is -2.42. The zero-order valence-corrected chi connectivity index (χ0v) is 20.6. The van der Waals surface area contributed by atoms with Crippen molar-refractivity contribution in [1.29, 1.82) is 0 Å². The number of fused-ring (bicyclic) bond motifs is 1. The van der Waals surface area contributed by atoms with E-state index in [2.05, 4.69) is 52.4 Å². The maximum atomic E-state index is 12.2. The minimum absolute atomic E-state index is 0.0657. The van der Waals surface area contributed by atoms with Crippen molar-refractivity contribution in [3.8, 4) is 0 Å². The molecule has 2 atom stereocenters. The van der Waals surface area contributed by atoms with Crippen molar-refractivity contribution < 1.29 is 14.3 Å². The van der Waals surface area contributed by atoms with Crippen molar-refractivity contribution in [3.05, 3.63) is 28.5 Å². The van der Waals surface area contributed by atoms with Crippen LogP contribution >= 0.6 is 15.9 Å². The van der Waals surface area contributed by atoms with Crippen molar-refractivity contribution in [3.63, 3.8) is 0 Å². The van der Waals surface area contributed by atoms with Gasteiger partial charge in [0, 0.05) is 23.3 Å². The Kier molecular flexibility index (Phi) is 6.03. The minimum Gasteiger partial charge on any atom is -0.444 e. The van der Waals surface area contributed by atoms with Gasteiger partial charge in [-0.2, -0.15) is 5.10 Å². The molecule has 2 aromatic rings. The Morgan fingerprint density at radius 3 is 2.65 bits per heavy atom. The number of nitrogens with zero attached hydrogens (tertiary/aromatic N) is 2. The third-order valence-electron chi connectivity index (χ3n) is 6.62. The summed E-state index contributed by atoms with van der Waals surface area (Å²) in [6, 6.07) is 1.98. The van der Waals surface area contributed by atoms with Gasteiger partial charge in [-0.15, -0.1) is 0 Å². The molecule has 170 valence electrons. The van der Waals surface area contributed by atoms with Crippen LogP contribution in [0.4, 0.5) is 10.5 Å². The summed E-state index contributed by atoms with van der Waals surface area (Å²) in [5.41, 5.74) is 6.55. The topological polar surface area (TPSA) is 111 Å². The minimum atomic E-state index is -0.538. The molecule has 0 aromatic carbocycles. The molecule has 4 N–H and O–H groups in total. The molecule has 1 aliphatic rings. The molecule has 1 fully saturated rings. The van der Waals surface area contributed by atoms with E-state index in [9.17, 15) is 9.59 Å². The van der Waals surface area contributed by atoms with Gasteiger partial charge in [-0.1, -0.05) is 20.8 Å². The van der Waals surface area contributed by atoms with Gasteiger partial charge in [-0.3, -0.25) is 4.79 Å². The second-order valence-corrected chi connectivity index (χ2v) is 11.1. The van der Waals surface area contributed by atoms with Crippen LogP contribution in [-0.2, 0) is 4.74 Å². The van der Waals surface area contributed by atoms with Gasteiger partial charge in [0.25, 0.3) is 5.91 Å². The number of hydrogen-bond donors (Lipinski definition) is 3. The standard InChI is InChI=1S/C22H32BrN5O3/c1-20(2,3)31-19(30)25-12-22(6)8-7-16(21(22,4)5)27-17-14(18(24)29)10-26-28-11-13(23)9-15(17)28/h9-11,16,27H,7-8,12H2,1-6H3,(H2,24,29)(H,25,30). The lowest BCUT2D eigenvalue weighted by Crippen LogP contribution is -2.47. The number of alkyl carbamates (subject to hydrolysis) is 1. The Balaban J connectivity index is 1.83. The van der Waals surface area contributed by atoms with E-state index in [0.29, 0.717) is 17.8 Å². The largest absolute Gasteiger partial charge is 0.444 e. The van der Waals surface area contributed by atoms with E-state index in [-0.39, 0.29) is 16.9 Å². The average Bonchev–Trinajstić information content (AvgIpc) is 3.11. The van der Waals surface area contributed by atoms with Crippen LogP contribution in [0.2, 0.25) is 0 Å². The first-order valence-corrected chi connectivity index (χ1v) is 11.2. The second-order valence-electron chi connectivity index (χ2n) is 10.2. The molecule has 0 aliphatic heterocycles. The number of primary amides is 1. The third kappa shape index (κ3) is 4.66. The van der Waals surface area contributed by atoms with Gasteiger partial charge in [0.2, 0.25) is 0 Å². The normalized spacial score (nSPS) is 23.0. The number of aromatic nitrogens is 2. The van der Waals surface area contributed by atoms with E-state index in [1.165, 1.54) is 6.20 Å². The maximum Gasteiger partial charge on any atom is 0.407 e. The number of ether oxygens (including phenoxy) is 1. The van der Waals surface area contributed by atoms with Crippen LogP contribution in [0, 0.1) is 10.8 Å². The lowest BCUT2D eigenvalue weighted by molar-refractivity contribution is 0.0452. The van der Waals surface area contributed by atoms with Crippen LogP contribution in [0.5, 0.6) is 0 Å². The zero-order valence-electron chi connectivity index (χ0n) is 19.0. The van der Waals surface area contributed by atoms with Crippen molar-refractivity contribution in [1.82, 2.24) is 14.9 Å². The summed E-state index contributed by atoms with van der Waals surface area (Å²) in [5, 5.41) is 10.8. The molecule has 1 aliphatic carbocycles. The number of nitrogens with two attached hydrogens (primary N) is 1. The number of rotatable bonds is 5. The molecule has 31 heavy (non-hydrogen) atoms. The first kappa shape index (κ1) is 23.4. The van der Waals surface area contributed by atoms with Gasteiger partial charge in [-0.25, -0.2) is 9.31 Å². The summed E-state index contributed by atoms with van der Waals surface area (Å²) in [4.78, 5) is 24.3. The predicted molar refractivity (Wildman–Crippen MR) is 124 cm³/mol. The molecule has 2 aromatic heterocycles. The Morgan fingerprint density at radius 1 is 1.35 bits per heavy atom. The molecule has 1 saturated carbocycles. The summed E-state index contributed by atoms with van der Waals surface area (Å²) < 4.78 is 7.97. The van der Waals surface area contributed by atoms with Crippen LogP contribution in [-0.4, -0.2) is 39.8 Å². The molecule has 0 spiro atoms. The molecule has 8 nitrogen and oxygen atoms in total. The first-order chi connectivity index (χ1) is 14.2. The van der Waals surface area contributed by atoms with Crippen LogP contribution in [0.3, 0.4) is 0 Å². The Hall–Kier alpha value is -2.29. The van der Waals surface area contributed by atoms with E-state index < -0.39 is 17.6 Å². The van der Waals surface area contributed by atoms with E-state index >= 15 is 0 Å². The fourth-order valence-corrected chi connectivity index (χ4v) is 4.67. The fourth-order valence-electron chi connectivity index (χ4n) is 4.25. The van der Waals surface area contributed by atoms with E-state index in [1.54, 1.807) is 4.52 Å². The third-order valence-corrected chi connectivity index (χ3v) is 7.05. The van der Waals surface area contributed by atoms with Gasteiger partial charge in [0.1, 0.15) is 5.60 Å². The Labute approximate surface area is 191 Å². The van der Waals surface area contributed by atoms with Gasteiger partial charge >= 0.3 is 6.09 Å². The predicted octanol–water partition coefficient (Wildman–Crippen LogP) is 4.33. The number of halogens is 1. The molecule has 3 rings (SSSR count). The zero-order chi connectivity index (χ0) is 23.2. The molecule has 9 heteroatoms. The van der Waals surface area contributed by atoms with E-state index in [0.717, 1.165) is 22.8 Å². The van der Waals surface area contributed by atoms with Gasteiger partial charge in [-0.05, 0) is 66.4 Å². The average molecular weight is 494 g/mol. The smallest absolute Gasteiger partial charge is 0.407 e. The summed E-state index contributed by atoms with van der Waals surface area (Å²) in [5.74, 6) is -0.528. The summed E-state index contributed by atoms with van der Waals surface area (Å²) in [6.07, 6.45) is 4.71. The molecular formula is C22H32BrN5O3. The van der Waals surface area contributed by atoms with Crippen molar-refractivity contribution >= 4 is 39.1 Å². The highest BCUT2D eigenvalue weighted by atomic mass is 79.9. The SMILES string of the molecule is CC(C)(C)OC(=O)NCC1(C)CCC(Nc2c(C(N)=O)cnn3cc(Br)cc23)C1(C)C. The van der Waals surface area contributed by atoms with Crippen molar-refractivity contribution in [2.75, 3.05) is 11.9 Å². The molecular weight excluding hydrogens is 462 g/mol. The van der Waals surface area contributed by atoms with Gasteiger partial charge in [0.05, 0.1) is 23.0 Å². The highest BCUT2D eigenvalue weighted by Gasteiger charge is 2.51. The van der Waals surface area contributed by atoms with Gasteiger partial charge in [0.15, 0.2) is 0 Å². The van der Waals surface area contributed by atoms with Crippen LogP contribution < -0.4 is 16.4 Å². The second kappa shape index (κ2) is 8.00. The van der Waals surface area contributed by atoms with Crippen LogP contribution in [0.1, 0.15) is 64.7 Å². The van der Waals surface area contributed by atoms with E-state index in [1.807, 2.05) is 33.0 Å². The van der Waals surface area contributed by atoms with Crippen LogP contribution in [0.25, 0.3) is 5.52 Å². The molecule has 0 saturated heterocycles. The maximum absolute atomic E-state index is 12.2. The number of nitrogens with one attached hydrogen (secondary N) is 2. The highest BCUT2D eigenvalue weighted by molar-refractivity contribution is 9.10. The first-order valence-electron chi connectivity index (χ1n) is 10.4. The van der Waals surface area contributed by atoms with Crippen molar-refractivity contribution in [2.45, 2.75) is 66.0 Å². The fraction of sp³-hybridized carbons (Fsp3) is 0.591. The number of amides is 2. The summed E-state index contributed by atoms with van der Waals surface area (Å²) in [7, 11) is 0. The molecule has 0 bridgehead atoms. The molecule has 2 unspecified atom stereocenters. The lowest BCUT2D eigenvalue weighted by atomic mass is 9.67. The summed E-state index contributed by atoms with van der Waals surface area (Å²) in [6.45, 7) is 12.6. The molecule has 2 amide bonds. The molecule has 0 radical (unpaired) electrons. The highest BCUT2D eigenvalue weighted by Crippen LogP contribution is 2.53. The Bertz CT molecular complexity index is 1010. The van der Waals surface area contributed by atoms with Crippen molar-refractivity contribution in [2.24, 2.45) is 16.6 Å². The number of anilines is 1. The Morgan fingerprint density at radius 2 is 2.03 bits per heavy atom. The van der Waals surface area contributed by atoms with Crippen LogP contribution in [0.15, 0.2) is 22.9 Å².